The van der Waals surface area contributed by atoms with Crippen LogP contribution in [-0.2, 0) is 4.74 Å². The van der Waals surface area contributed by atoms with E-state index in [1.54, 1.807) is 0 Å². The molecule has 0 aromatic heterocycles. The Morgan fingerprint density at radius 2 is 2.27 bits per heavy atom. The SMILES string of the molecule is C[C@H]1CNCCN1CC1CN(C)CCO1. The monoisotopic (exact) mass is 213 g/mol. The van der Waals surface area contributed by atoms with Crippen LogP contribution in [0.1, 0.15) is 6.92 Å². The predicted molar refractivity (Wildman–Crippen MR) is 61.1 cm³/mol. The molecule has 0 aromatic rings. The van der Waals surface area contributed by atoms with Gasteiger partial charge in [-0.05, 0) is 14.0 Å². The largest absolute Gasteiger partial charge is 0.374 e. The van der Waals surface area contributed by atoms with Gasteiger partial charge in [-0.25, -0.2) is 0 Å². The zero-order valence-corrected chi connectivity index (χ0v) is 9.91. The lowest BCUT2D eigenvalue weighted by atomic mass is 10.2. The molecule has 2 rings (SSSR count). The summed E-state index contributed by atoms with van der Waals surface area (Å²) in [4.78, 5) is 4.90. The molecule has 1 unspecified atom stereocenters. The van der Waals surface area contributed by atoms with Crippen molar-refractivity contribution in [1.82, 2.24) is 15.1 Å². The maximum absolute atomic E-state index is 5.80. The van der Waals surface area contributed by atoms with Gasteiger partial charge in [-0.1, -0.05) is 0 Å². The van der Waals surface area contributed by atoms with Crippen molar-refractivity contribution in [2.24, 2.45) is 0 Å². The summed E-state index contributed by atoms with van der Waals surface area (Å²) in [5, 5.41) is 3.42. The van der Waals surface area contributed by atoms with Crippen molar-refractivity contribution in [3.05, 3.63) is 0 Å². The summed E-state index contributed by atoms with van der Waals surface area (Å²) in [5.41, 5.74) is 0. The Morgan fingerprint density at radius 3 is 3.00 bits per heavy atom. The van der Waals surface area contributed by atoms with Crippen LogP contribution >= 0.6 is 0 Å². The Hall–Kier alpha value is -0.160. The fourth-order valence-electron chi connectivity index (χ4n) is 2.39. The van der Waals surface area contributed by atoms with Gasteiger partial charge >= 0.3 is 0 Å². The first-order valence-corrected chi connectivity index (χ1v) is 6.00. The first-order chi connectivity index (χ1) is 7.25. The number of rotatable bonds is 2. The lowest BCUT2D eigenvalue weighted by Gasteiger charge is -2.38. The number of nitrogens with one attached hydrogen (secondary N) is 1. The van der Waals surface area contributed by atoms with Gasteiger partial charge < -0.3 is 15.0 Å². The molecule has 0 aliphatic carbocycles. The molecule has 4 nitrogen and oxygen atoms in total. The van der Waals surface area contributed by atoms with Gasteiger partial charge in [0.05, 0.1) is 12.7 Å². The van der Waals surface area contributed by atoms with Crippen molar-refractivity contribution in [2.45, 2.75) is 19.1 Å². The van der Waals surface area contributed by atoms with Crippen molar-refractivity contribution in [3.63, 3.8) is 0 Å². The molecule has 15 heavy (non-hydrogen) atoms. The number of morpholine rings is 1. The second kappa shape index (κ2) is 5.25. The molecule has 2 atom stereocenters. The summed E-state index contributed by atoms with van der Waals surface area (Å²) in [6, 6.07) is 0.648. The molecule has 88 valence electrons. The predicted octanol–water partition coefficient (Wildman–Crippen LogP) is -0.389. The number of hydrogen-bond acceptors (Lipinski definition) is 4. The van der Waals surface area contributed by atoms with Gasteiger partial charge in [0.15, 0.2) is 0 Å². The highest BCUT2D eigenvalue weighted by Crippen LogP contribution is 2.09. The second-order valence-electron chi connectivity index (χ2n) is 4.80. The summed E-state index contributed by atoms with van der Waals surface area (Å²) in [6.45, 7) is 9.82. The third-order valence-corrected chi connectivity index (χ3v) is 3.42. The van der Waals surface area contributed by atoms with Crippen LogP contribution < -0.4 is 5.32 Å². The van der Waals surface area contributed by atoms with Crippen LogP contribution in [0.2, 0.25) is 0 Å². The third-order valence-electron chi connectivity index (χ3n) is 3.42. The van der Waals surface area contributed by atoms with Crippen LogP contribution in [0.3, 0.4) is 0 Å². The summed E-state index contributed by atoms with van der Waals surface area (Å²) in [7, 11) is 2.18. The lowest BCUT2D eigenvalue weighted by Crippen LogP contribution is -2.54. The molecule has 0 spiro atoms. The van der Waals surface area contributed by atoms with Crippen molar-refractivity contribution >= 4 is 0 Å². The summed E-state index contributed by atoms with van der Waals surface area (Å²) >= 11 is 0. The maximum Gasteiger partial charge on any atom is 0.0829 e. The summed E-state index contributed by atoms with van der Waals surface area (Å²) in [6.07, 6.45) is 0.407. The Morgan fingerprint density at radius 1 is 1.40 bits per heavy atom. The number of likely N-dealkylation sites (N-methyl/N-ethyl adjacent to an activating group) is 1. The normalized spacial score (nSPS) is 35.6. The minimum absolute atomic E-state index is 0.407. The van der Waals surface area contributed by atoms with Crippen LogP contribution in [0, 0.1) is 0 Å². The molecular formula is C11H23N3O. The van der Waals surface area contributed by atoms with E-state index in [1.165, 1.54) is 0 Å². The topological polar surface area (TPSA) is 27.7 Å². The van der Waals surface area contributed by atoms with Gasteiger partial charge in [-0.15, -0.1) is 0 Å². The Labute approximate surface area is 92.6 Å². The molecule has 0 radical (unpaired) electrons. The fraction of sp³-hybridized carbons (Fsp3) is 1.00. The number of ether oxygens (including phenoxy) is 1. The van der Waals surface area contributed by atoms with Crippen molar-refractivity contribution in [1.29, 1.82) is 0 Å². The zero-order valence-electron chi connectivity index (χ0n) is 9.91. The quantitative estimate of drug-likeness (QED) is 0.676. The van der Waals surface area contributed by atoms with Crippen LogP contribution in [0.5, 0.6) is 0 Å². The van der Waals surface area contributed by atoms with Crippen LogP contribution in [0.15, 0.2) is 0 Å². The molecular weight excluding hydrogens is 190 g/mol. The molecule has 0 bridgehead atoms. The second-order valence-corrected chi connectivity index (χ2v) is 4.80. The van der Waals surface area contributed by atoms with E-state index in [1.807, 2.05) is 0 Å². The van der Waals surface area contributed by atoms with Crippen LogP contribution in [-0.4, -0.2) is 74.9 Å². The van der Waals surface area contributed by atoms with Gasteiger partial charge in [0.25, 0.3) is 0 Å². The van der Waals surface area contributed by atoms with E-state index in [0.717, 1.165) is 45.9 Å². The van der Waals surface area contributed by atoms with Gasteiger partial charge in [0.2, 0.25) is 0 Å². The van der Waals surface area contributed by atoms with E-state index in [9.17, 15) is 0 Å². The summed E-state index contributed by atoms with van der Waals surface area (Å²) < 4.78 is 5.80. The average Bonchev–Trinajstić information content (AvgIpc) is 2.22. The Balaban J connectivity index is 1.79. The van der Waals surface area contributed by atoms with Crippen molar-refractivity contribution < 1.29 is 4.74 Å². The summed E-state index contributed by atoms with van der Waals surface area (Å²) in [5.74, 6) is 0. The first-order valence-electron chi connectivity index (χ1n) is 6.00. The molecule has 2 aliphatic rings. The third kappa shape index (κ3) is 3.14. The Kier molecular flexibility index (Phi) is 3.97. The zero-order chi connectivity index (χ0) is 10.7. The standard InChI is InChI=1S/C11H23N3O/c1-10-7-12-3-4-14(10)9-11-8-13(2)5-6-15-11/h10-12H,3-9H2,1-2H3/t10-,11?/m0/s1. The highest BCUT2D eigenvalue weighted by molar-refractivity contribution is 4.80. The van der Waals surface area contributed by atoms with Gasteiger partial charge in [-0.2, -0.15) is 0 Å². The highest BCUT2D eigenvalue weighted by atomic mass is 16.5. The molecule has 0 saturated carbocycles. The minimum atomic E-state index is 0.407. The molecule has 2 saturated heterocycles. The minimum Gasteiger partial charge on any atom is -0.374 e. The Bertz CT molecular complexity index is 200. The lowest BCUT2D eigenvalue weighted by molar-refractivity contribution is -0.0425. The van der Waals surface area contributed by atoms with Gasteiger partial charge in [-0.3, -0.25) is 4.90 Å². The molecule has 2 fully saturated rings. The van der Waals surface area contributed by atoms with E-state index in [2.05, 4.69) is 29.1 Å². The van der Waals surface area contributed by atoms with E-state index in [4.69, 9.17) is 4.74 Å². The molecule has 1 N–H and O–H groups in total. The van der Waals surface area contributed by atoms with Crippen molar-refractivity contribution in [2.75, 3.05) is 52.9 Å². The fourth-order valence-corrected chi connectivity index (χ4v) is 2.39. The number of nitrogens with zero attached hydrogens (tertiary/aromatic N) is 2. The van der Waals surface area contributed by atoms with Crippen molar-refractivity contribution in [3.8, 4) is 0 Å². The molecule has 2 aliphatic heterocycles. The smallest absolute Gasteiger partial charge is 0.0829 e. The van der Waals surface area contributed by atoms with E-state index in [-0.39, 0.29) is 0 Å². The van der Waals surface area contributed by atoms with Gasteiger partial charge in [0, 0.05) is 45.3 Å². The molecule has 0 aromatic carbocycles. The van der Waals surface area contributed by atoms with Gasteiger partial charge in [0.1, 0.15) is 0 Å². The van der Waals surface area contributed by atoms with E-state index < -0.39 is 0 Å². The van der Waals surface area contributed by atoms with Crippen LogP contribution in [0.25, 0.3) is 0 Å². The number of piperazine rings is 1. The number of hydrogen-bond donors (Lipinski definition) is 1. The van der Waals surface area contributed by atoms with E-state index in [0.29, 0.717) is 12.1 Å². The molecule has 2 heterocycles. The molecule has 0 amide bonds. The van der Waals surface area contributed by atoms with Crippen LogP contribution in [0.4, 0.5) is 0 Å². The maximum atomic E-state index is 5.80. The van der Waals surface area contributed by atoms with E-state index >= 15 is 0 Å². The first kappa shape index (κ1) is 11.3. The highest BCUT2D eigenvalue weighted by Gasteiger charge is 2.24. The molecule has 4 heteroatoms. The average molecular weight is 213 g/mol.